The SMILES string of the molecule is C[C@@H](CN)NS(=O)(=O)c1cccc(Cl)c1Cl. The van der Waals surface area contributed by atoms with Crippen LogP contribution in [0.1, 0.15) is 6.92 Å². The topological polar surface area (TPSA) is 72.2 Å². The number of hydrogen-bond acceptors (Lipinski definition) is 3. The Morgan fingerprint density at radius 1 is 1.44 bits per heavy atom. The molecule has 1 aromatic carbocycles. The molecule has 3 N–H and O–H groups in total. The zero-order valence-corrected chi connectivity index (χ0v) is 10.9. The van der Waals surface area contributed by atoms with Gasteiger partial charge < -0.3 is 5.73 Å². The zero-order chi connectivity index (χ0) is 12.3. The summed E-state index contributed by atoms with van der Waals surface area (Å²) in [6, 6.07) is 4.07. The van der Waals surface area contributed by atoms with Gasteiger partial charge in [0.2, 0.25) is 10.0 Å². The van der Waals surface area contributed by atoms with Crippen LogP contribution in [0.15, 0.2) is 23.1 Å². The molecule has 0 aliphatic rings. The molecule has 4 nitrogen and oxygen atoms in total. The Morgan fingerprint density at radius 3 is 2.62 bits per heavy atom. The largest absolute Gasteiger partial charge is 0.329 e. The van der Waals surface area contributed by atoms with Crippen LogP contribution in [0.5, 0.6) is 0 Å². The molecule has 0 aliphatic heterocycles. The molecule has 16 heavy (non-hydrogen) atoms. The molecule has 0 bridgehead atoms. The average molecular weight is 283 g/mol. The minimum atomic E-state index is -3.67. The molecule has 0 amide bonds. The number of sulfonamides is 1. The minimum Gasteiger partial charge on any atom is -0.329 e. The van der Waals surface area contributed by atoms with Gasteiger partial charge in [-0.1, -0.05) is 29.3 Å². The summed E-state index contributed by atoms with van der Waals surface area (Å²) in [7, 11) is -3.67. The molecule has 0 unspecified atom stereocenters. The van der Waals surface area contributed by atoms with Gasteiger partial charge in [-0.3, -0.25) is 0 Å². The van der Waals surface area contributed by atoms with Crippen LogP contribution >= 0.6 is 23.2 Å². The van der Waals surface area contributed by atoms with Gasteiger partial charge in [-0.2, -0.15) is 0 Å². The molecule has 0 spiro atoms. The molecular weight excluding hydrogens is 271 g/mol. The number of hydrogen-bond donors (Lipinski definition) is 2. The molecular formula is C9H12Cl2N2O2S. The van der Waals surface area contributed by atoms with Crippen LogP contribution in [-0.2, 0) is 10.0 Å². The van der Waals surface area contributed by atoms with Crippen molar-refractivity contribution in [3.05, 3.63) is 28.2 Å². The molecule has 0 saturated carbocycles. The van der Waals surface area contributed by atoms with Gasteiger partial charge in [0.1, 0.15) is 4.90 Å². The Kier molecular flexibility index (Phi) is 4.58. The van der Waals surface area contributed by atoms with Crippen LogP contribution in [0.3, 0.4) is 0 Å². The van der Waals surface area contributed by atoms with E-state index in [0.717, 1.165) is 0 Å². The van der Waals surface area contributed by atoms with E-state index in [0.29, 0.717) is 0 Å². The molecule has 0 saturated heterocycles. The predicted molar refractivity (Wildman–Crippen MR) is 65.3 cm³/mol. The maximum absolute atomic E-state index is 11.9. The smallest absolute Gasteiger partial charge is 0.242 e. The van der Waals surface area contributed by atoms with E-state index in [9.17, 15) is 8.42 Å². The van der Waals surface area contributed by atoms with E-state index in [1.54, 1.807) is 6.92 Å². The number of nitrogens with one attached hydrogen (secondary N) is 1. The Morgan fingerprint density at radius 2 is 2.06 bits per heavy atom. The fourth-order valence-electron chi connectivity index (χ4n) is 1.07. The lowest BCUT2D eigenvalue weighted by Crippen LogP contribution is -2.37. The summed E-state index contributed by atoms with van der Waals surface area (Å²) in [5, 5.41) is 0.214. The van der Waals surface area contributed by atoms with Crippen molar-refractivity contribution in [1.29, 1.82) is 0 Å². The highest BCUT2D eigenvalue weighted by molar-refractivity contribution is 7.89. The summed E-state index contributed by atoms with van der Waals surface area (Å²) in [6.45, 7) is 1.87. The van der Waals surface area contributed by atoms with Gasteiger partial charge in [-0.15, -0.1) is 0 Å². The van der Waals surface area contributed by atoms with Crippen LogP contribution in [-0.4, -0.2) is 21.0 Å². The third-order valence-corrected chi connectivity index (χ3v) is 4.48. The first-order valence-electron chi connectivity index (χ1n) is 4.55. The Hall–Kier alpha value is -0.330. The second-order valence-electron chi connectivity index (χ2n) is 3.31. The monoisotopic (exact) mass is 282 g/mol. The van der Waals surface area contributed by atoms with Gasteiger partial charge in [0, 0.05) is 12.6 Å². The van der Waals surface area contributed by atoms with Crippen molar-refractivity contribution in [2.75, 3.05) is 6.54 Å². The fraction of sp³-hybridized carbons (Fsp3) is 0.333. The first-order valence-corrected chi connectivity index (χ1v) is 6.79. The van der Waals surface area contributed by atoms with E-state index in [1.165, 1.54) is 18.2 Å². The van der Waals surface area contributed by atoms with Gasteiger partial charge in [-0.05, 0) is 19.1 Å². The van der Waals surface area contributed by atoms with Crippen molar-refractivity contribution in [2.24, 2.45) is 5.73 Å². The normalized spacial score (nSPS) is 13.8. The first-order chi connectivity index (χ1) is 7.38. The van der Waals surface area contributed by atoms with Crippen LogP contribution in [0.4, 0.5) is 0 Å². The van der Waals surface area contributed by atoms with Gasteiger partial charge >= 0.3 is 0 Å². The predicted octanol–water partition coefficient (Wildman–Crippen LogP) is 1.62. The molecule has 0 aliphatic carbocycles. The Balaban J connectivity index is 3.13. The zero-order valence-electron chi connectivity index (χ0n) is 8.57. The lowest BCUT2D eigenvalue weighted by atomic mass is 10.4. The van der Waals surface area contributed by atoms with E-state index in [2.05, 4.69) is 4.72 Å². The van der Waals surface area contributed by atoms with Crippen molar-refractivity contribution in [3.63, 3.8) is 0 Å². The van der Waals surface area contributed by atoms with Crippen molar-refractivity contribution in [3.8, 4) is 0 Å². The summed E-state index contributed by atoms with van der Waals surface area (Å²) in [4.78, 5) is -0.0398. The van der Waals surface area contributed by atoms with Crippen LogP contribution in [0, 0.1) is 0 Å². The highest BCUT2D eigenvalue weighted by Gasteiger charge is 2.20. The maximum Gasteiger partial charge on any atom is 0.242 e. The number of halogens is 2. The second-order valence-corrected chi connectivity index (χ2v) is 5.78. The lowest BCUT2D eigenvalue weighted by molar-refractivity contribution is 0.563. The molecule has 1 rings (SSSR count). The van der Waals surface area contributed by atoms with Crippen molar-refractivity contribution in [1.82, 2.24) is 4.72 Å². The van der Waals surface area contributed by atoms with Crippen LogP contribution in [0.25, 0.3) is 0 Å². The summed E-state index contributed by atoms with van der Waals surface area (Å²) in [5.41, 5.74) is 5.34. The standard InChI is InChI=1S/C9H12Cl2N2O2S/c1-6(5-12)13-16(14,15)8-4-2-3-7(10)9(8)11/h2-4,6,13H,5,12H2,1H3/t6-/m0/s1. The minimum absolute atomic E-state index is 0.0147. The molecule has 0 aromatic heterocycles. The van der Waals surface area contributed by atoms with Gasteiger partial charge in [0.15, 0.2) is 0 Å². The molecule has 7 heteroatoms. The van der Waals surface area contributed by atoms with E-state index in [1.807, 2.05) is 0 Å². The first kappa shape index (κ1) is 13.7. The second kappa shape index (κ2) is 5.33. The molecule has 1 aromatic rings. The summed E-state index contributed by atoms with van der Waals surface area (Å²) in [6.07, 6.45) is 0. The Labute approximate surface area is 105 Å². The number of rotatable bonds is 4. The fourth-order valence-corrected chi connectivity index (χ4v) is 3.09. The molecule has 0 fully saturated rings. The lowest BCUT2D eigenvalue weighted by Gasteiger charge is -2.13. The van der Waals surface area contributed by atoms with Crippen LogP contribution < -0.4 is 10.5 Å². The van der Waals surface area contributed by atoms with Crippen LogP contribution in [0.2, 0.25) is 10.0 Å². The summed E-state index contributed by atoms with van der Waals surface area (Å²) < 4.78 is 26.1. The van der Waals surface area contributed by atoms with Crippen molar-refractivity contribution >= 4 is 33.2 Å². The summed E-state index contributed by atoms with van der Waals surface area (Å²) in [5.74, 6) is 0. The highest BCUT2D eigenvalue weighted by atomic mass is 35.5. The van der Waals surface area contributed by atoms with E-state index < -0.39 is 10.0 Å². The van der Waals surface area contributed by atoms with E-state index in [4.69, 9.17) is 28.9 Å². The number of nitrogens with two attached hydrogens (primary N) is 1. The molecule has 90 valence electrons. The van der Waals surface area contributed by atoms with Gasteiger partial charge in [0.25, 0.3) is 0 Å². The summed E-state index contributed by atoms with van der Waals surface area (Å²) >= 11 is 11.6. The molecule has 0 radical (unpaired) electrons. The molecule has 0 heterocycles. The third kappa shape index (κ3) is 3.09. The Bertz CT molecular complexity index is 476. The average Bonchev–Trinajstić information content (AvgIpc) is 2.21. The van der Waals surface area contributed by atoms with Gasteiger partial charge in [0.05, 0.1) is 10.0 Å². The maximum atomic E-state index is 11.9. The third-order valence-electron chi connectivity index (χ3n) is 1.92. The number of benzene rings is 1. The van der Waals surface area contributed by atoms with E-state index >= 15 is 0 Å². The highest BCUT2D eigenvalue weighted by Crippen LogP contribution is 2.28. The van der Waals surface area contributed by atoms with Crippen molar-refractivity contribution < 1.29 is 8.42 Å². The van der Waals surface area contributed by atoms with Crippen molar-refractivity contribution in [2.45, 2.75) is 17.9 Å². The quantitative estimate of drug-likeness (QED) is 0.882. The van der Waals surface area contributed by atoms with Gasteiger partial charge in [-0.25, -0.2) is 13.1 Å². The van der Waals surface area contributed by atoms with E-state index in [-0.39, 0.29) is 27.5 Å². The molecule has 1 atom stereocenters.